The van der Waals surface area contributed by atoms with Crippen molar-refractivity contribution in [3.05, 3.63) is 33.8 Å². The van der Waals surface area contributed by atoms with Crippen LogP contribution in [0.25, 0.3) is 0 Å². The third-order valence-electron chi connectivity index (χ3n) is 4.89. The molecule has 1 nitrogen and oxygen atoms in total. The fourth-order valence-electron chi connectivity index (χ4n) is 3.91. The quantitative estimate of drug-likeness (QED) is 0.802. The minimum Gasteiger partial charge on any atom is -0.316 e. The topological polar surface area (TPSA) is 12.0 Å². The molecule has 2 saturated carbocycles. The molecule has 3 heteroatoms. The predicted molar refractivity (Wildman–Crippen MR) is 86.7 cm³/mol. The molecule has 0 bridgehead atoms. The van der Waals surface area contributed by atoms with Crippen molar-refractivity contribution in [3.8, 4) is 0 Å². The summed E-state index contributed by atoms with van der Waals surface area (Å²) in [5.74, 6) is 0.670. The van der Waals surface area contributed by atoms with Gasteiger partial charge in [-0.05, 0) is 61.3 Å². The molecular formula is C17H23Cl2N. The molecule has 1 aromatic rings. The maximum Gasteiger partial charge on any atom is 0.0459 e. The highest BCUT2D eigenvalue weighted by Crippen LogP contribution is 2.69. The Bertz CT molecular complexity index is 477. The van der Waals surface area contributed by atoms with Gasteiger partial charge in [-0.15, -0.1) is 0 Å². The Kier molecular flexibility index (Phi) is 3.81. The average Bonchev–Trinajstić information content (AvgIpc) is 3.07. The highest BCUT2D eigenvalue weighted by Gasteiger charge is 2.61. The third-order valence-corrected chi connectivity index (χ3v) is 5.52. The molecule has 20 heavy (non-hydrogen) atoms. The fraction of sp³-hybridized carbons (Fsp3) is 0.647. The van der Waals surface area contributed by atoms with Gasteiger partial charge in [0.1, 0.15) is 0 Å². The molecule has 0 radical (unpaired) electrons. The molecule has 2 fully saturated rings. The molecule has 0 saturated heterocycles. The van der Waals surface area contributed by atoms with Crippen LogP contribution in [0.2, 0.25) is 10.0 Å². The smallest absolute Gasteiger partial charge is 0.0459 e. The minimum absolute atomic E-state index is 0.154. The van der Waals surface area contributed by atoms with Crippen LogP contribution < -0.4 is 5.32 Å². The molecule has 110 valence electrons. The summed E-state index contributed by atoms with van der Waals surface area (Å²) in [6.45, 7) is 6.53. The van der Waals surface area contributed by atoms with Crippen molar-refractivity contribution in [3.63, 3.8) is 0 Å². The van der Waals surface area contributed by atoms with Crippen LogP contribution in [0.5, 0.6) is 0 Å². The van der Waals surface area contributed by atoms with Gasteiger partial charge in [-0.25, -0.2) is 0 Å². The van der Waals surface area contributed by atoms with Crippen LogP contribution in [0.4, 0.5) is 0 Å². The van der Waals surface area contributed by atoms with Crippen molar-refractivity contribution >= 4 is 23.2 Å². The van der Waals surface area contributed by atoms with Crippen molar-refractivity contribution in [1.82, 2.24) is 5.32 Å². The number of nitrogens with one attached hydrogen (secondary N) is 1. The van der Waals surface area contributed by atoms with E-state index < -0.39 is 0 Å². The number of hydrogen-bond donors (Lipinski definition) is 1. The summed E-state index contributed by atoms with van der Waals surface area (Å²) in [6, 6.07) is 5.89. The summed E-state index contributed by atoms with van der Waals surface area (Å²) < 4.78 is 0. The molecule has 0 aromatic heterocycles. The monoisotopic (exact) mass is 311 g/mol. The predicted octanol–water partition coefficient (Wildman–Crippen LogP) is 5.05. The molecule has 0 unspecified atom stereocenters. The molecule has 1 N–H and O–H groups in total. The van der Waals surface area contributed by atoms with Gasteiger partial charge in [0.25, 0.3) is 0 Å². The first kappa shape index (κ1) is 14.7. The van der Waals surface area contributed by atoms with Gasteiger partial charge in [-0.2, -0.15) is 0 Å². The van der Waals surface area contributed by atoms with Crippen LogP contribution in [0.15, 0.2) is 18.2 Å². The van der Waals surface area contributed by atoms with E-state index in [9.17, 15) is 0 Å². The molecule has 0 heterocycles. The lowest BCUT2D eigenvalue weighted by molar-refractivity contribution is 0.115. The summed E-state index contributed by atoms with van der Waals surface area (Å²) in [4.78, 5) is 0. The van der Waals surface area contributed by atoms with Gasteiger partial charge >= 0.3 is 0 Å². The largest absolute Gasteiger partial charge is 0.316 e. The third kappa shape index (κ3) is 2.61. The van der Waals surface area contributed by atoms with Gasteiger partial charge < -0.3 is 5.32 Å². The first-order valence-electron chi connectivity index (χ1n) is 7.62. The Labute approximate surface area is 132 Å². The van der Waals surface area contributed by atoms with E-state index in [4.69, 9.17) is 23.2 Å². The van der Waals surface area contributed by atoms with Crippen molar-refractivity contribution in [2.24, 2.45) is 11.3 Å². The lowest BCUT2D eigenvalue weighted by Gasteiger charge is -2.50. The minimum atomic E-state index is 0.154. The SMILES string of the molecule is CC(C)CNCC1(c2c(Cl)cccc2Cl)CC2(CC2)C1. The number of hydrogen-bond acceptors (Lipinski definition) is 1. The summed E-state index contributed by atoms with van der Waals surface area (Å²) >= 11 is 12.9. The van der Waals surface area contributed by atoms with E-state index in [1.54, 1.807) is 0 Å². The maximum atomic E-state index is 6.47. The summed E-state index contributed by atoms with van der Waals surface area (Å²) in [5, 5.41) is 5.29. The van der Waals surface area contributed by atoms with Crippen LogP contribution >= 0.6 is 23.2 Å². The summed E-state index contributed by atoms with van der Waals surface area (Å²) in [5.41, 5.74) is 1.96. The Morgan fingerprint density at radius 1 is 1.15 bits per heavy atom. The second-order valence-corrected chi connectivity index (χ2v) is 8.07. The Balaban J connectivity index is 1.83. The van der Waals surface area contributed by atoms with Gasteiger partial charge in [-0.3, -0.25) is 0 Å². The zero-order valence-electron chi connectivity index (χ0n) is 12.3. The molecular weight excluding hydrogens is 289 g/mol. The van der Waals surface area contributed by atoms with Gasteiger partial charge in [-0.1, -0.05) is 43.1 Å². The highest BCUT2D eigenvalue weighted by molar-refractivity contribution is 6.36. The second-order valence-electron chi connectivity index (χ2n) is 7.26. The van der Waals surface area contributed by atoms with Crippen molar-refractivity contribution in [2.45, 2.75) is 44.9 Å². The Morgan fingerprint density at radius 3 is 2.25 bits per heavy atom. The van der Waals surface area contributed by atoms with E-state index in [0.717, 1.165) is 23.1 Å². The van der Waals surface area contributed by atoms with Crippen LogP contribution in [0.1, 0.15) is 45.1 Å². The Morgan fingerprint density at radius 2 is 1.75 bits per heavy atom. The molecule has 0 aliphatic heterocycles. The molecule has 0 amide bonds. The van der Waals surface area contributed by atoms with E-state index in [1.807, 2.05) is 18.2 Å². The first-order valence-corrected chi connectivity index (χ1v) is 8.37. The zero-order chi connectivity index (χ0) is 14.4. The highest BCUT2D eigenvalue weighted by atomic mass is 35.5. The first-order chi connectivity index (χ1) is 9.46. The van der Waals surface area contributed by atoms with E-state index in [2.05, 4.69) is 19.2 Å². The second kappa shape index (κ2) is 5.19. The lowest BCUT2D eigenvalue weighted by Crippen LogP contribution is -2.50. The van der Waals surface area contributed by atoms with Crippen molar-refractivity contribution < 1.29 is 0 Å². The molecule has 2 aliphatic rings. The standard InChI is InChI=1S/C17H23Cl2N/c1-12(2)8-20-11-17(9-16(10-17)6-7-16)15-13(18)4-3-5-14(15)19/h3-5,12,20H,6-11H2,1-2H3. The van der Waals surface area contributed by atoms with Crippen molar-refractivity contribution in [2.75, 3.05) is 13.1 Å². The molecule has 2 aliphatic carbocycles. The van der Waals surface area contributed by atoms with Gasteiger partial charge in [0.2, 0.25) is 0 Å². The molecule has 0 atom stereocenters. The summed E-state index contributed by atoms with van der Waals surface area (Å²) in [6.07, 6.45) is 5.27. The molecule has 1 spiro atoms. The Hall–Kier alpha value is -0.240. The van der Waals surface area contributed by atoms with Crippen LogP contribution in [0.3, 0.4) is 0 Å². The van der Waals surface area contributed by atoms with E-state index in [-0.39, 0.29) is 5.41 Å². The number of benzene rings is 1. The summed E-state index contributed by atoms with van der Waals surface area (Å²) in [7, 11) is 0. The maximum absolute atomic E-state index is 6.47. The zero-order valence-corrected chi connectivity index (χ0v) is 13.8. The normalized spacial score (nSPS) is 22.1. The van der Waals surface area contributed by atoms with Gasteiger partial charge in [0.05, 0.1) is 0 Å². The van der Waals surface area contributed by atoms with Crippen LogP contribution in [-0.4, -0.2) is 13.1 Å². The van der Waals surface area contributed by atoms with Crippen molar-refractivity contribution in [1.29, 1.82) is 0 Å². The van der Waals surface area contributed by atoms with E-state index in [1.165, 1.54) is 31.2 Å². The lowest BCUT2D eigenvalue weighted by atomic mass is 9.56. The van der Waals surface area contributed by atoms with E-state index in [0.29, 0.717) is 11.3 Å². The average molecular weight is 312 g/mol. The van der Waals surface area contributed by atoms with E-state index >= 15 is 0 Å². The fourth-order valence-corrected chi connectivity index (χ4v) is 4.71. The van der Waals surface area contributed by atoms with Crippen LogP contribution in [0, 0.1) is 11.3 Å². The number of rotatable bonds is 5. The molecule has 3 rings (SSSR count). The van der Waals surface area contributed by atoms with Gasteiger partial charge in [0.15, 0.2) is 0 Å². The van der Waals surface area contributed by atoms with Crippen LogP contribution in [-0.2, 0) is 5.41 Å². The molecule has 1 aromatic carbocycles. The van der Waals surface area contributed by atoms with Gasteiger partial charge in [0, 0.05) is 22.0 Å². The number of halogens is 2.